The van der Waals surface area contributed by atoms with Gasteiger partial charge >= 0.3 is 24.2 Å². The standard InChI is InChI=1S/C9H14O8/c1-5(10)16-9(7(12)14-3)17-8(15-4)6(11)13-2/h8-9H,1-4H3. The molecule has 17 heavy (non-hydrogen) atoms. The molecule has 0 aromatic rings. The Morgan fingerprint density at radius 3 is 1.71 bits per heavy atom. The average molecular weight is 250 g/mol. The summed E-state index contributed by atoms with van der Waals surface area (Å²) in [7, 11) is 3.34. The van der Waals surface area contributed by atoms with Gasteiger partial charge in [0.2, 0.25) is 0 Å². The van der Waals surface area contributed by atoms with Crippen molar-refractivity contribution < 1.29 is 38.1 Å². The number of hydrogen-bond donors (Lipinski definition) is 0. The highest BCUT2D eigenvalue weighted by atomic mass is 16.8. The highest BCUT2D eigenvalue weighted by Crippen LogP contribution is 2.06. The van der Waals surface area contributed by atoms with Gasteiger partial charge in [0, 0.05) is 14.0 Å². The molecule has 0 bridgehead atoms. The molecule has 8 heteroatoms. The van der Waals surface area contributed by atoms with E-state index in [9.17, 15) is 14.4 Å². The van der Waals surface area contributed by atoms with Gasteiger partial charge in [-0.15, -0.1) is 0 Å². The van der Waals surface area contributed by atoms with Gasteiger partial charge in [-0.3, -0.25) is 9.53 Å². The lowest BCUT2D eigenvalue weighted by Crippen LogP contribution is -2.38. The van der Waals surface area contributed by atoms with Crippen LogP contribution in [-0.2, 0) is 38.1 Å². The molecule has 0 amide bonds. The zero-order valence-corrected chi connectivity index (χ0v) is 9.92. The van der Waals surface area contributed by atoms with E-state index in [2.05, 4.69) is 18.9 Å². The van der Waals surface area contributed by atoms with Gasteiger partial charge in [0.15, 0.2) is 0 Å². The van der Waals surface area contributed by atoms with E-state index < -0.39 is 30.5 Å². The Labute approximate surface area is 97.7 Å². The topological polar surface area (TPSA) is 97.4 Å². The highest BCUT2D eigenvalue weighted by Gasteiger charge is 2.31. The van der Waals surface area contributed by atoms with Gasteiger partial charge in [-0.25, -0.2) is 9.59 Å². The molecule has 0 aromatic heterocycles. The van der Waals surface area contributed by atoms with Gasteiger partial charge < -0.3 is 18.9 Å². The Kier molecular flexibility index (Phi) is 6.83. The van der Waals surface area contributed by atoms with Crippen molar-refractivity contribution in [3.05, 3.63) is 0 Å². The van der Waals surface area contributed by atoms with E-state index in [1.807, 2.05) is 0 Å². The molecule has 0 saturated carbocycles. The monoisotopic (exact) mass is 250 g/mol. The fourth-order valence-electron chi connectivity index (χ4n) is 0.794. The number of ether oxygens (including phenoxy) is 5. The molecule has 98 valence electrons. The summed E-state index contributed by atoms with van der Waals surface area (Å²) in [6.07, 6.45) is -3.19. The molecule has 2 unspecified atom stereocenters. The predicted molar refractivity (Wildman–Crippen MR) is 51.5 cm³/mol. The summed E-state index contributed by atoms with van der Waals surface area (Å²) in [5, 5.41) is 0. The Morgan fingerprint density at radius 2 is 1.35 bits per heavy atom. The van der Waals surface area contributed by atoms with Crippen LogP contribution < -0.4 is 0 Å². The molecule has 0 N–H and O–H groups in total. The summed E-state index contributed by atoms with van der Waals surface area (Å²) in [6, 6.07) is 0. The van der Waals surface area contributed by atoms with Crippen LogP contribution >= 0.6 is 0 Å². The first kappa shape index (κ1) is 15.3. The van der Waals surface area contributed by atoms with Crippen molar-refractivity contribution in [3.8, 4) is 0 Å². The second kappa shape index (κ2) is 7.58. The van der Waals surface area contributed by atoms with E-state index in [0.29, 0.717) is 0 Å². The Bertz CT molecular complexity index is 287. The lowest BCUT2D eigenvalue weighted by atomic mass is 10.6. The Balaban J connectivity index is 4.64. The number of carbonyl (C=O) groups is 3. The van der Waals surface area contributed by atoms with Crippen LogP contribution in [0.15, 0.2) is 0 Å². The summed E-state index contributed by atoms with van der Waals surface area (Å²) >= 11 is 0. The summed E-state index contributed by atoms with van der Waals surface area (Å²) in [4.78, 5) is 33.0. The number of rotatable bonds is 6. The van der Waals surface area contributed by atoms with E-state index in [4.69, 9.17) is 4.74 Å². The molecular weight excluding hydrogens is 236 g/mol. The largest absolute Gasteiger partial charge is 0.465 e. The van der Waals surface area contributed by atoms with Gasteiger partial charge in [0.25, 0.3) is 6.29 Å². The van der Waals surface area contributed by atoms with Crippen LogP contribution in [0.5, 0.6) is 0 Å². The van der Waals surface area contributed by atoms with Crippen molar-refractivity contribution in [1.29, 1.82) is 0 Å². The third kappa shape index (κ3) is 5.27. The number of hydrogen-bond acceptors (Lipinski definition) is 8. The summed E-state index contributed by atoms with van der Waals surface area (Å²) in [5.41, 5.74) is 0. The fraction of sp³-hybridized carbons (Fsp3) is 0.667. The molecule has 2 atom stereocenters. The molecular formula is C9H14O8. The van der Waals surface area contributed by atoms with Crippen molar-refractivity contribution in [1.82, 2.24) is 0 Å². The maximum Gasteiger partial charge on any atom is 0.376 e. The lowest BCUT2D eigenvalue weighted by Gasteiger charge is -2.19. The van der Waals surface area contributed by atoms with Crippen molar-refractivity contribution in [2.75, 3.05) is 21.3 Å². The number of carbonyl (C=O) groups excluding carboxylic acids is 3. The third-order valence-corrected chi connectivity index (χ3v) is 1.52. The minimum absolute atomic E-state index is 0.778. The smallest absolute Gasteiger partial charge is 0.376 e. The first-order valence-electron chi connectivity index (χ1n) is 4.47. The molecule has 0 spiro atoms. The minimum Gasteiger partial charge on any atom is -0.465 e. The number of methoxy groups -OCH3 is 3. The molecule has 0 saturated heterocycles. The van der Waals surface area contributed by atoms with E-state index >= 15 is 0 Å². The third-order valence-electron chi connectivity index (χ3n) is 1.52. The molecule has 0 aliphatic heterocycles. The van der Waals surface area contributed by atoms with E-state index in [1.165, 1.54) is 0 Å². The minimum atomic E-state index is -1.69. The van der Waals surface area contributed by atoms with Gasteiger partial charge in [-0.2, -0.15) is 0 Å². The van der Waals surface area contributed by atoms with Crippen LogP contribution in [0.3, 0.4) is 0 Å². The quantitative estimate of drug-likeness (QED) is 0.343. The zero-order valence-electron chi connectivity index (χ0n) is 9.92. The predicted octanol–water partition coefficient (Wildman–Crippen LogP) is -0.789. The maximum atomic E-state index is 11.2. The molecule has 0 aliphatic rings. The molecule has 0 heterocycles. The second-order valence-corrected chi connectivity index (χ2v) is 2.69. The molecule has 8 nitrogen and oxygen atoms in total. The fourth-order valence-corrected chi connectivity index (χ4v) is 0.794. The van der Waals surface area contributed by atoms with Crippen molar-refractivity contribution >= 4 is 17.9 Å². The van der Waals surface area contributed by atoms with Crippen LogP contribution in [0.25, 0.3) is 0 Å². The summed E-state index contributed by atoms with van der Waals surface area (Å²) in [5.74, 6) is -2.64. The van der Waals surface area contributed by atoms with Gasteiger partial charge in [-0.1, -0.05) is 0 Å². The van der Waals surface area contributed by atoms with Crippen molar-refractivity contribution in [3.63, 3.8) is 0 Å². The van der Waals surface area contributed by atoms with Gasteiger partial charge in [0.1, 0.15) is 0 Å². The maximum absolute atomic E-state index is 11.2. The molecule has 0 aromatic carbocycles. The lowest BCUT2D eigenvalue weighted by molar-refractivity contribution is -0.243. The molecule has 0 rings (SSSR count). The molecule has 0 aliphatic carbocycles. The Hall–Kier alpha value is -1.67. The van der Waals surface area contributed by atoms with Crippen LogP contribution in [0.4, 0.5) is 0 Å². The van der Waals surface area contributed by atoms with Gasteiger partial charge in [-0.05, 0) is 0 Å². The number of esters is 3. The van der Waals surface area contributed by atoms with Gasteiger partial charge in [0.05, 0.1) is 14.2 Å². The average Bonchev–Trinajstić information content (AvgIpc) is 2.31. The van der Waals surface area contributed by atoms with Crippen LogP contribution in [-0.4, -0.2) is 51.8 Å². The summed E-state index contributed by atoms with van der Waals surface area (Å²) in [6.45, 7) is 1.07. The molecule has 0 radical (unpaired) electrons. The van der Waals surface area contributed by atoms with E-state index in [1.54, 1.807) is 0 Å². The second-order valence-electron chi connectivity index (χ2n) is 2.69. The Morgan fingerprint density at radius 1 is 0.882 bits per heavy atom. The normalized spacial score (nSPS) is 13.4. The van der Waals surface area contributed by atoms with Crippen molar-refractivity contribution in [2.24, 2.45) is 0 Å². The molecule has 0 fully saturated rings. The first-order valence-corrected chi connectivity index (χ1v) is 4.47. The SMILES string of the molecule is COC(=O)C(OC)OC(OC(C)=O)C(=O)OC. The van der Waals surface area contributed by atoms with Crippen LogP contribution in [0, 0.1) is 0 Å². The van der Waals surface area contributed by atoms with E-state index in [0.717, 1.165) is 28.3 Å². The first-order chi connectivity index (χ1) is 7.96. The van der Waals surface area contributed by atoms with Crippen LogP contribution in [0.1, 0.15) is 6.92 Å². The zero-order chi connectivity index (χ0) is 13.4. The van der Waals surface area contributed by atoms with E-state index in [-0.39, 0.29) is 0 Å². The van der Waals surface area contributed by atoms with Crippen LogP contribution in [0.2, 0.25) is 0 Å². The summed E-state index contributed by atoms with van der Waals surface area (Å²) < 4.78 is 22.6. The van der Waals surface area contributed by atoms with Crippen molar-refractivity contribution in [2.45, 2.75) is 19.5 Å². The highest BCUT2D eigenvalue weighted by molar-refractivity contribution is 5.78.